The molecule has 35 nitrogen and oxygen atoms in total. The van der Waals surface area contributed by atoms with Crippen molar-refractivity contribution >= 4 is 11.8 Å². The molecular formula is C72H130N2O33. The Hall–Kier alpha value is -2.56. The number of hydrogen-bond acceptors (Lipinski definition) is 33. The zero-order valence-corrected chi connectivity index (χ0v) is 62.2. The molecule has 6 rings (SSSR count). The van der Waals surface area contributed by atoms with Crippen LogP contribution in [0.4, 0.5) is 0 Å². The summed E-state index contributed by atoms with van der Waals surface area (Å²) in [6.45, 7) is -0.979. The predicted octanol–water partition coefficient (Wildman–Crippen LogP) is -3.35. The third kappa shape index (κ3) is 27.6. The summed E-state index contributed by atoms with van der Waals surface area (Å²) in [4.78, 5) is 26.4. The summed E-state index contributed by atoms with van der Waals surface area (Å²) in [6, 6.07) is -2.88. The first kappa shape index (κ1) is 93.3. The largest absolute Gasteiger partial charge is 0.394 e. The van der Waals surface area contributed by atoms with E-state index in [9.17, 15) is 107 Å². The third-order valence-electron chi connectivity index (χ3n) is 20.8. The number of rotatable bonds is 49. The van der Waals surface area contributed by atoms with Crippen LogP contribution in [0.15, 0.2) is 12.2 Å². The van der Waals surface area contributed by atoms with Gasteiger partial charge in [0.15, 0.2) is 37.7 Å². The van der Waals surface area contributed by atoms with Crippen LogP contribution in [0.5, 0.6) is 0 Å². The van der Waals surface area contributed by atoms with E-state index in [0.29, 0.717) is 12.8 Å². The molecule has 6 fully saturated rings. The van der Waals surface area contributed by atoms with Crippen molar-refractivity contribution in [2.75, 3.05) is 46.2 Å². The van der Waals surface area contributed by atoms with Crippen molar-refractivity contribution in [2.24, 2.45) is 0 Å². The van der Waals surface area contributed by atoms with E-state index in [2.05, 4.69) is 24.5 Å². The van der Waals surface area contributed by atoms with Crippen molar-refractivity contribution in [3.63, 3.8) is 0 Å². The fraction of sp³-hybridized carbons (Fsp3) is 0.944. The zero-order valence-electron chi connectivity index (χ0n) is 62.2. The molecular weight excluding hydrogens is 1420 g/mol. The predicted molar refractivity (Wildman–Crippen MR) is 373 cm³/mol. The average molecular weight is 1550 g/mol. The van der Waals surface area contributed by atoms with E-state index in [-0.39, 0.29) is 12.3 Å². The van der Waals surface area contributed by atoms with E-state index in [1.54, 1.807) is 6.08 Å². The standard InChI is InChI=1S/C72H130N2O33/c1-4-6-8-10-12-14-16-18-20-22-24-26-28-30-41(82)40(74-48(83)31-29-27-25-23-21-19-17-15-13-11-9-7-5-2)38-96-68-58(92)55(89)62(46(36-79)101-68)103-70-59(93)56(90)63(47(37-80)102-70)104-71-60(94)65(52(86)44(34-77)99-71)106-67-49(73-39(3)81)64(51(85)43(33-76)97-67)105-72-61(95)66(53(87)45(35-78)100-72)107-69-57(91)54(88)50(84)42(32-75)98-69/h28,30,40-47,49-72,75-80,82,84-95H,4-27,29,31-38H2,1-3H3,(H,73,81)(H,74,83)/b30-28+/t40-,41+,42?,43?,44?,45?,46?,47?,49?,50-,51-,52-,53-,54-,55+,56+,57?,58?,59?,60?,61?,62+,63-,64+,65-,66-,67-,68+,69+,70-,71-,72-/m0/s1. The molecule has 0 aromatic carbocycles. The second-order valence-corrected chi connectivity index (χ2v) is 29.2. The number of allylic oxidation sites excluding steroid dienone is 1. The van der Waals surface area contributed by atoms with Crippen LogP contribution < -0.4 is 10.6 Å². The number of hydrogen-bond donors (Lipinski definition) is 21. The van der Waals surface area contributed by atoms with Crippen LogP contribution in [0.2, 0.25) is 0 Å². The van der Waals surface area contributed by atoms with Gasteiger partial charge in [-0.1, -0.05) is 167 Å². The summed E-state index contributed by atoms with van der Waals surface area (Å²) >= 11 is 0. The molecule has 6 heterocycles. The fourth-order valence-corrected chi connectivity index (χ4v) is 14.3. The van der Waals surface area contributed by atoms with Gasteiger partial charge in [-0.15, -0.1) is 0 Å². The van der Waals surface area contributed by atoms with Crippen LogP contribution in [0.3, 0.4) is 0 Å². The van der Waals surface area contributed by atoms with Gasteiger partial charge in [0, 0.05) is 13.3 Å². The third-order valence-corrected chi connectivity index (χ3v) is 20.8. The highest BCUT2D eigenvalue weighted by atomic mass is 16.8. The van der Waals surface area contributed by atoms with E-state index in [0.717, 1.165) is 58.3 Å². The van der Waals surface area contributed by atoms with Crippen LogP contribution in [0.25, 0.3) is 0 Å². The minimum Gasteiger partial charge on any atom is -0.394 e. The molecule has 0 bridgehead atoms. The van der Waals surface area contributed by atoms with Gasteiger partial charge in [0.05, 0.1) is 58.4 Å². The van der Waals surface area contributed by atoms with E-state index in [1.807, 2.05) is 6.08 Å². The van der Waals surface area contributed by atoms with Crippen LogP contribution in [0.1, 0.15) is 188 Å². The number of ether oxygens (including phenoxy) is 12. The summed E-state index contributed by atoms with van der Waals surface area (Å²) in [5.41, 5.74) is 0. The van der Waals surface area contributed by atoms with Crippen LogP contribution in [0, 0.1) is 0 Å². The van der Waals surface area contributed by atoms with Gasteiger partial charge in [0.1, 0.15) is 146 Å². The molecule has 6 aliphatic heterocycles. The molecule has 12 unspecified atom stereocenters. The normalized spacial score (nSPS) is 38.4. The Morgan fingerprint density at radius 2 is 0.692 bits per heavy atom. The molecule has 626 valence electrons. The van der Waals surface area contributed by atoms with Crippen LogP contribution in [-0.2, 0) is 66.4 Å². The van der Waals surface area contributed by atoms with Crippen LogP contribution >= 0.6 is 0 Å². The average Bonchev–Trinajstić information content (AvgIpc) is 0.772. The minimum atomic E-state index is -2.26. The minimum absolute atomic E-state index is 0.182. The topological polar surface area (TPSA) is 553 Å². The smallest absolute Gasteiger partial charge is 0.220 e. The zero-order chi connectivity index (χ0) is 78.3. The molecule has 0 aromatic rings. The lowest BCUT2D eigenvalue weighted by Gasteiger charge is -2.50. The van der Waals surface area contributed by atoms with Gasteiger partial charge in [-0.05, 0) is 19.3 Å². The second-order valence-electron chi connectivity index (χ2n) is 29.2. The van der Waals surface area contributed by atoms with Crippen LogP contribution in [-0.4, -0.2) is 351 Å². The van der Waals surface area contributed by atoms with Gasteiger partial charge in [-0.3, -0.25) is 9.59 Å². The van der Waals surface area contributed by atoms with E-state index in [1.165, 1.54) is 96.3 Å². The molecule has 0 radical (unpaired) electrons. The monoisotopic (exact) mass is 1550 g/mol. The van der Waals surface area contributed by atoms with Gasteiger partial charge < -0.3 is 164 Å². The van der Waals surface area contributed by atoms with E-state index >= 15 is 0 Å². The highest BCUT2D eigenvalue weighted by Gasteiger charge is 2.58. The van der Waals surface area contributed by atoms with Gasteiger partial charge in [-0.25, -0.2) is 0 Å². The van der Waals surface area contributed by atoms with Crippen molar-refractivity contribution in [2.45, 2.75) is 384 Å². The maximum absolute atomic E-state index is 13.5. The number of nitrogens with one attached hydrogen (secondary N) is 2. The quantitative estimate of drug-likeness (QED) is 0.0209. The SMILES string of the molecule is CCCCCCCCCCCCC/C=C/[C@@H](O)[C@H](CO[C@@H]1OC(CO)[C@@H](O[C@@H]2OC(CO)[C@H](O[C@@H]3OC(CO)[C@H](O)[C@H](O[C@@H]4OC(CO)[C@H](O)[C@H](O[C@@H]5OC(CO)[C@H](O)[C@H](O[C@H]6OC(CO)[C@H](O)[C@H](O)C6O)C5O)C4NC(C)=O)C3O)[C@H](O)C2O)[C@H](O)C1O)NC(=O)CCCCCCCCCCCCCCC. The van der Waals surface area contributed by atoms with Crippen molar-refractivity contribution in [1.82, 2.24) is 10.6 Å². The molecule has 6 aliphatic rings. The van der Waals surface area contributed by atoms with Crippen molar-refractivity contribution < 1.29 is 163 Å². The number of aliphatic hydroxyl groups excluding tert-OH is 19. The summed E-state index contributed by atoms with van der Waals surface area (Å²) in [5.74, 6) is -1.22. The molecule has 0 spiro atoms. The maximum atomic E-state index is 13.5. The molecule has 0 aromatic heterocycles. The molecule has 2 amide bonds. The Bertz CT molecular complexity index is 2430. The lowest BCUT2D eigenvalue weighted by Crippen LogP contribution is -2.70. The van der Waals surface area contributed by atoms with Crippen molar-refractivity contribution in [3.8, 4) is 0 Å². The number of aliphatic hydroxyl groups is 19. The number of carbonyl (C=O) groups excluding carboxylic acids is 2. The molecule has 0 aliphatic carbocycles. The fourth-order valence-electron chi connectivity index (χ4n) is 14.3. The molecule has 21 N–H and O–H groups in total. The summed E-state index contributed by atoms with van der Waals surface area (Å²) in [6.07, 6.45) is -25.8. The van der Waals surface area contributed by atoms with Gasteiger partial charge in [0.25, 0.3) is 0 Å². The Labute approximate surface area is 626 Å². The first-order valence-corrected chi connectivity index (χ1v) is 39.0. The second kappa shape index (κ2) is 49.3. The summed E-state index contributed by atoms with van der Waals surface area (Å²) < 4.78 is 70.0. The Morgan fingerprint density at radius 1 is 0.364 bits per heavy atom. The van der Waals surface area contributed by atoms with E-state index < -0.39 is 248 Å². The van der Waals surface area contributed by atoms with Gasteiger partial charge in [0.2, 0.25) is 11.8 Å². The molecule has 107 heavy (non-hydrogen) atoms. The number of amides is 2. The maximum Gasteiger partial charge on any atom is 0.220 e. The Kier molecular flexibility index (Phi) is 43.0. The highest BCUT2D eigenvalue weighted by molar-refractivity contribution is 5.76. The number of unbranched alkanes of at least 4 members (excludes halogenated alkanes) is 23. The first-order chi connectivity index (χ1) is 51.4. The van der Waals surface area contributed by atoms with Crippen molar-refractivity contribution in [3.05, 3.63) is 12.2 Å². The highest BCUT2D eigenvalue weighted by Crippen LogP contribution is 2.38. The lowest BCUT2D eigenvalue weighted by molar-refractivity contribution is -0.391. The first-order valence-electron chi connectivity index (χ1n) is 39.0. The van der Waals surface area contributed by atoms with Gasteiger partial charge >= 0.3 is 0 Å². The summed E-state index contributed by atoms with van der Waals surface area (Å²) in [7, 11) is 0. The molecule has 35 heteroatoms. The Morgan fingerprint density at radius 3 is 1.12 bits per heavy atom. The summed E-state index contributed by atoms with van der Waals surface area (Å²) in [5, 5.41) is 215. The molecule has 32 atom stereocenters. The molecule has 6 saturated heterocycles. The van der Waals surface area contributed by atoms with E-state index in [4.69, 9.17) is 56.8 Å². The Balaban J connectivity index is 1.08. The molecule has 0 saturated carbocycles. The van der Waals surface area contributed by atoms with Crippen molar-refractivity contribution in [1.29, 1.82) is 0 Å². The number of carbonyl (C=O) groups is 2. The lowest BCUT2D eigenvalue weighted by atomic mass is 9.94. The van der Waals surface area contributed by atoms with Gasteiger partial charge in [-0.2, -0.15) is 0 Å².